The summed E-state index contributed by atoms with van der Waals surface area (Å²) in [4.78, 5) is 14.2. The second-order valence-corrected chi connectivity index (χ2v) is 5.14. The van der Waals surface area contributed by atoms with Gasteiger partial charge in [-0.3, -0.25) is 9.89 Å². The van der Waals surface area contributed by atoms with Gasteiger partial charge in [-0.05, 0) is 33.2 Å². The fourth-order valence-electron chi connectivity index (χ4n) is 2.55. The van der Waals surface area contributed by atoms with Crippen LogP contribution in [-0.4, -0.2) is 47.2 Å². The number of hydrogen-bond acceptors (Lipinski definition) is 3. The average Bonchev–Trinajstić information content (AvgIpc) is 2.69. The first-order valence-electron chi connectivity index (χ1n) is 6.60. The molecule has 1 aromatic rings. The van der Waals surface area contributed by atoms with E-state index in [1.54, 1.807) is 4.90 Å². The van der Waals surface area contributed by atoms with Gasteiger partial charge in [-0.2, -0.15) is 5.10 Å². The van der Waals surface area contributed by atoms with E-state index in [0.29, 0.717) is 11.6 Å². The van der Waals surface area contributed by atoms with E-state index in [9.17, 15) is 4.79 Å². The zero-order valence-electron chi connectivity index (χ0n) is 11.4. The van der Waals surface area contributed by atoms with Gasteiger partial charge in [0, 0.05) is 25.3 Å². The molecule has 18 heavy (non-hydrogen) atoms. The topological polar surface area (TPSA) is 61.0 Å². The smallest absolute Gasteiger partial charge is 0.257 e. The van der Waals surface area contributed by atoms with Crippen molar-refractivity contribution >= 4 is 5.91 Å². The summed E-state index contributed by atoms with van der Waals surface area (Å²) in [5.74, 6) is 0.0612. The molecule has 2 heterocycles. The van der Waals surface area contributed by atoms with Gasteiger partial charge in [-0.25, -0.2) is 0 Å². The van der Waals surface area contributed by atoms with Gasteiger partial charge in [0.1, 0.15) is 0 Å². The Morgan fingerprint density at radius 3 is 2.78 bits per heavy atom. The van der Waals surface area contributed by atoms with E-state index in [4.69, 9.17) is 0 Å². The standard InChI is InChI=1S/C13H22N4O/c1-9-12(10(2)16-15-9)13(18)17(3)8-11-6-4-5-7-14-11/h11,14H,4-8H2,1-3H3,(H,15,16). The van der Waals surface area contributed by atoms with Crippen molar-refractivity contribution in [2.24, 2.45) is 0 Å². The predicted molar refractivity (Wildman–Crippen MR) is 70.7 cm³/mol. The van der Waals surface area contributed by atoms with Crippen molar-refractivity contribution in [1.29, 1.82) is 0 Å². The maximum atomic E-state index is 12.4. The van der Waals surface area contributed by atoms with Crippen molar-refractivity contribution in [2.45, 2.75) is 39.2 Å². The Morgan fingerprint density at radius 2 is 2.22 bits per heavy atom. The van der Waals surface area contributed by atoms with Gasteiger partial charge in [0.15, 0.2) is 0 Å². The molecule has 0 aliphatic carbocycles. The lowest BCUT2D eigenvalue weighted by molar-refractivity contribution is 0.0774. The van der Waals surface area contributed by atoms with E-state index in [2.05, 4.69) is 15.5 Å². The highest BCUT2D eigenvalue weighted by molar-refractivity contribution is 5.96. The average molecular weight is 250 g/mol. The second kappa shape index (κ2) is 5.52. The summed E-state index contributed by atoms with van der Waals surface area (Å²) in [7, 11) is 1.87. The molecule has 1 aromatic heterocycles. The Balaban J connectivity index is 2.00. The molecule has 1 aliphatic heterocycles. The van der Waals surface area contributed by atoms with Crippen LogP contribution >= 0.6 is 0 Å². The molecule has 0 radical (unpaired) electrons. The van der Waals surface area contributed by atoms with E-state index in [0.717, 1.165) is 30.9 Å². The third-order valence-corrected chi connectivity index (χ3v) is 3.60. The maximum absolute atomic E-state index is 12.4. The Kier molecular flexibility index (Phi) is 4.01. The summed E-state index contributed by atoms with van der Waals surface area (Å²) in [5.41, 5.74) is 2.34. The molecular formula is C13H22N4O. The lowest BCUT2D eigenvalue weighted by atomic mass is 10.0. The van der Waals surface area contributed by atoms with Gasteiger partial charge in [0.25, 0.3) is 5.91 Å². The Bertz CT molecular complexity index is 401. The molecule has 0 bridgehead atoms. The number of aromatic amines is 1. The molecule has 1 aliphatic rings. The Hall–Kier alpha value is -1.36. The minimum atomic E-state index is 0.0612. The van der Waals surface area contributed by atoms with Crippen LogP contribution in [0.25, 0.3) is 0 Å². The molecular weight excluding hydrogens is 228 g/mol. The van der Waals surface area contributed by atoms with Crippen molar-refractivity contribution in [3.63, 3.8) is 0 Å². The van der Waals surface area contributed by atoms with Crippen LogP contribution in [0.5, 0.6) is 0 Å². The zero-order chi connectivity index (χ0) is 13.1. The molecule has 1 fully saturated rings. The lowest BCUT2D eigenvalue weighted by Crippen LogP contribution is -2.44. The molecule has 2 N–H and O–H groups in total. The SMILES string of the molecule is Cc1n[nH]c(C)c1C(=O)N(C)CC1CCCCN1. The van der Waals surface area contributed by atoms with Crippen LogP contribution in [0.1, 0.15) is 41.0 Å². The second-order valence-electron chi connectivity index (χ2n) is 5.14. The van der Waals surface area contributed by atoms with E-state index in [-0.39, 0.29) is 5.91 Å². The predicted octanol–water partition coefficient (Wildman–Crippen LogP) is 1.24. The van der Waals surface area contributed by atoms with Crippen LogP contribution in [0, 0.1) is 13.8 Å². The number of likely N-dealkylation sites (N-methyl/N-ethyl adjacent to an activating group) is 1. The molecule has 0 spiro atoms. The molecule has 1 amide bonds. The van der Waals surface area contributed by atoms with Crippen LogP contribution in [0.4, 0.5) is 0 Å². The van der Waals surface area contributed by atoms with Crippen molar-refractivity contribution in [3.05, 3.63) is 17.0 Å². The molecule has 2 rings (SSSR count). The van der Waals surface area contributed by atoms with Gasteiger partial charge in [-0.15, -0.1) is 0 Å². The van der Waals surface area contributed by atoms with E-state index >= 15 is 0 Å². The normalized spacial score (nSPS) is 19.8. The molecule has 0 aromatic carbocycles. The van der Waals surface area contributed by atoms with Gasteiger partial charge in [0.2, 0.25) is 0 Å². The molecule has 1 unspecified atom stereocenters. The number of aromatic nitrogens is 2. The van der Waals surface area contributed by atoms with Crippen LogP contribution in [0.3, 0.4) is 0 Å². The molecule has 1 saturated heterocycles. The lowest BCUT2D eigenvalue weighted by Gasteiger charge is -2.28. The van der Waals surface area contributed by atoms with Crippen LogP contribution in [0.15, 0.2) is 0 Å². The van der Waals surface area contributed by atoms with Gasteiger partial charge in [0.05, 0.1) is 11.3 Å². The summed E-state index contributed by atoms with van der Waals surface area (Å²) in [5, 5.41) is 10.4. The number of nitrogens with one attached hydrogen (secondary N) is 2. The first-order chi connectivity index (χ1) is 8.59. The van der Waals surface area contributed by atoms with E-state index < -0.39 is 0 Å². The minimum absolute atomic E-state index is 0.0612. The molecule has 1 atom stereocenters. The van der Waals surface area contributed by atoms with Gasteiger partial charge >= 0.3 is 0 Å². The maximum Gasteiger partial charge on any atom is 0.257 e. The highest BCUT2D eigenvalue weighted by Gasteiger charge is 2.22. The van der Waals surface area contributed by atoms with Crippen LogP contribution in [-0.2, 0) is 0 Å². The third-order valence-electron chi connectivity index (χ3n) is 3.60. The number of carbonyl (C=O) groups excluding carboxylic acids is 1. The monoisotopic (exact) mass is 250 g/mol. The number of H-pyrrole nitrogens is 1. The Labute approximate surface area is 108 Å². The number of amides is 1. The third kappa shape index (κ3) is 2.72. The summed E-state index contributed by atoms with van der Waals surface area (Å²) in [6.45, 7) is 5.59. The molecule has 0 saturated carbocycles. The Morgan fingerprint density at radius 1 is 1.44 bits per heavy atom. The quantitative estimate of drug-likeness (QED) is 0.848. The zero-order valence-corrected chi connectivity index (χ0v) is 11.4. The first kappa shape index (κ1) is 13.1. The van der Waals surface area contributed by atoms with Crippen molar-refractivity contribution in [2.75, 3.05) is 20.1 Å². The molecule has 100 valence electrons. The van der Waals surface area contributed by atoms with Crippen molar-refractivity contribution in [1.82, 2.24) is 20.4 Å². The number of rotatable bonds is 3. The molecule has 5 heteroatoms. The highest BCUT2D eigenvalue weighted by atomic mass is 16.2. The van der Waals surface area contributed by atoms with Gasteiger partial charge < -0.3 is 10.2 Å². The summed E-state index contributed by atoms with van der Waals surface area (Å²) >= 11 is 0. The van der Waals surface area contributed by atoms with Crippen LogP contribution < -0.4 is 5.32 Å². The van der Waals surface area contributed by atoms with E-state index in [1.165, 1.54) is 12.8 Å². The van der Waals surface area contributed by atoms with Crippen molar-refractivity contribution in [3.8, 4) is 0 Å². The number of piperidine rings is 1. The molecule has 5 nitrogen and oxygen atoms in total. The highest BCUT2D eigenvalue weighted by Crippen LogP contribution is 2.14. The first-order valence-corrected chi connectivity index (χ1v) is 6.60. The van der Waals surface area contributed by atoms with Gasteiger partial charge in [-0.1, -0.05) is 6.42 Å². The van der Waals surface area contributed by atoms with E-state index in [1.807, 2.05) is 20.9 Å². The number of nitrogens with zero attached hydrogens (tertiary/aromatic N) is 2. The summed E-state index contributed by atoms with van der Waals surface area (Å²) in [6, 6.07) is 0.431. The number of aryl methyl sites for hydroxylation is 2. The van der Waals surface area contributed by atoms with Crippen molar-refractivity contribution < 1.29 is 4.79 Å². The largest absolute Gasteiger partial charge is 0.340 e. The minimum Gasteiger partial charge on any atom is -0.340 e. The summed E-state index contributed by atoms with van der Waals surface area (Å²) in [6.07, 6.45) is 3.65. The summed E-state index contributed by atoms with van der Waals surface area (Å²) < 4.78 is 0. The number of carbonyl (C=O) groups is 1. The fraction of sp³-hybridized carbons (Fsp3) is 0.692. The fourth-order valence-corrected chi connectivity index (χ4v) is 2.55. The number of hydrogen-bond donors (Lipinski definition) is 2. The van der Waals surface area contributed by atoms with Crippen LogP contribution in [0.2, 0.25) is 0 Å².